The van der Waals surface area contributed by atoms with E-state index in [1.54, 1.807) is 24.3 Å². The maximum absolute atomic E-state index is 12.5. The van der Waals surface area contributed by atoms with Gasteiger partial charge in [-0.15, -0.1) is 0 Å². The number of carbonyl (C=O) groups excluding carboxylic acids is 1. The summed E-state index contributed by atoms with van der Waals surface area (Å²) in [4.78, 5) is 20.9. The summed E-state index contributed by atoms with van der Waals surface area (Å²) >= 11 is 12.1. The summed E-state index contributed by atoms with van der Waals surface area (Å²) in [7, 11) is 0. The van der Waals surface area contributed by atoms with Gasteiger partial charge in [0, 0.05) is 11.1 Å². The van der Waals surface area contributed by atoms with Crippen molar-refractivity contribution < 1.29 is 4.79 Å². The molecular weight excluding hydrogens is 321 g/mol. The van der Waals surface area contributed by atoms with Crippen molar-refractivity contribution in [1.29, 1.82) is 0 Å². The molecule has 0 saturated carbocycles. The standard InChI is InChI=1S/C16H11Cl2N3O/c1-9-10-4-2-7-13(15(10)20-8-19-9)21-16(22)14-11(17)5-3-6-12(14)18/h2-8H,1H3,(H,21,22). The number of nitrogens with zero attached hydrogens (tertiary/aromatic N) is 2. The average Bonchev–Trinajstić information content (AvgIpc) is 2.48. The molecule has 0 fully saturated rings. The predicted octanol–water partition coefficient (Wildman–Crippen LogP) is 4.50. The van der Waals surface area contributed by atoms with Crippen LogP contribution in [0.1, 0.15) is 16.1 Å². The summed E-state index contributed by atoms with van der Waals surface area (Å²) in [5, 5.41) is 4.30. The molecule has 0 bridgehead atoms. The molecule has 0 aliphatic heterocycles. The number of anilines is 1. The zero-order valence-electron chi connectivity index (χ0n) is 11.6. The lowest BCUT2D eigenvalue weighted by molar-refractivity contribution is 0.102. The molecule has 22 heavy (non-hydrogen) atoms. The fraction of sp³-hybridized carbons (Fsp3) is 0.0625. The number of para-hydroxylation sites is 1. The lowest BCUT2D eigenvalue weighted by atomic mass is 10.1. The van der Waals surface area contributed by atoms with Crippen molar-refractivity contribution in [3.63, 3.8) is 0 Å². The van der Waals surface area contributed by atoms with E-state index in [9.17, 15) is 4.79 Å². The van der Waals surface area contributed by atoms with Gasteiger partial charge in [-0.3, -0.25) is 4.79 Å². The molecule has 3 rings (SSSR count). The van der Waals surface area contributed by atoms with Crippen LogP contribution in [0.3, 0.4) is 0 Å². The van der Waals surface area contributed by atoms with Gasteiger partial charge in [0.05, 0.1) is 26.8 Å². The van der Waals surface area contributed by atoms with Gasteiger partial charge >= 0.3 is 0 Å². The lowest BCUT2D eigenvalue weighted by Gasteiger charge is -2.10. The Labute approximate surface area is 137 Å². The van der Waals surface area contributed by atoms with Crippen LogP contribution in [-0.2, 0) is 0 Å². The summed E-state index contributed by atoms with van der Waals surface area (Å²) in [5.74, 6) is -0.376. The lowest BCUT2D eigenvalue weighted by Crippen LogP contribution is -2.13. The van der Waals surface area contributed by atoms with E-state index < -0.39 is 0 Å². The number of rotatable bonds is 2. The van der Waals surface area contributed by atoms with Crippen LogP contribution in [0.2, 0.25) is 10.0 Å². The van der Waals surface area contributed by atoms with Gasteiger partial charge in [0.25, 0.3) is 5.91 Å². The second kappa shape index (κ2) is 5.91. The summed E-state index contributed by atoms with van der Waals surface area (Å²) in [6, 6.07) is 10.5. The minimum Gasteiger partial charge on any atom is -0.320 e. The molecule has 1 N–H and O–H groups in total. The largest absolute Gasteiger partial charge is 0.320 e. The number of nitrogens with one attached hydrogen (secondary N) is 1. The van der Waals surface area contributed by atoms with E-state index in [4.69, 9.17) is 23.2 Å². The highest BCUT2D eigenvalue weighted by atomic mass is 35.5. The van der Waals surface area contributed by atoms with E-state index in [2.05, 4.69) is 15.3 Å². The molecule has 1 aromatic heterocycles. The van der Waals surface area contributed by atoms with Crippen LogP contribution in [0.15, 0.2) is 42.7 Å². The van der Waals surface area contributed by atoms with E-state index in [1.165, 1.54) is 6.33 Å². The normalized spacial score (nSPS) is 10.7. The van der Waals surface area contributed by atoms with Crippen LogP contribution in [0.5, 0.6) is 0 Å². The van der Waals surface area contributed by atoms with Crippen molar-refractivity contribution in [1.82, 2.24) is 9.97 Å². The van der Waals surface area contributed by atoms with Crippen molar-refractivity contribution in [3.8, 4) is 0 Å². The maximum Gasteiger partial charge on any atom is 0.258 e. The van der Waals surface area contributed by atoms with Gasteiger partial charge in [-0.2, -0.15) is 0 Å². The first-order valence-electron chi connectivity index (χ1n) is 6.53. The Hall–Kier alpha value is -2.17. The van der Waals surface area contributed by atoms with Crippen LogP contribution in [0, 0.1) is 6.92 Å². The number of fused-ring (bicyclic) bond motifs is 1. The van der Waals surface area contributed by atoms with Gasteiger partial charge < -0.3 is 5.32 Å². The number of aryl methyl sites for hydroxylation is 1. The predicted molar refractivity (Wildman–Crippen MR) is 88.7 cm³/mol. The van der Waals surface area contributed by atoms with Crippen LogP contribution >= 0.6 is 23.2 Å². The Morgan fingerprint density at radius 1 is 1.05 bits per heavy atom. The molecule has 0 radical (unpaired) electrons. The van der Waals surface area contributed by atoms with Crippen LogP contribution < -0.4 is 5.32 Å². The molecule has 4 nitrogen and oxygen atoms in total. The van der Waals surface area contributed by atoms with Gasteiger partial charge in [0.15, 0.2) is 0 Å². The zero-order valence-corrected chi connectivity index (χ0v) is 13.1. The summed E-state index contributed by atoms with van der Waals surface area (Å²) in [6.45, 7) is 1.89. The SMILES string of the molecule is Cc1ncnc2c(NC(=O)c3c(Cl)cccc3Cl)cccc12. The highest BCUT2D eigenvalue weighted by molar-refractivity contribution is 6.40. The minimum absolute atomic E-state index is 0.244. The Kier molecular flexibility index (Phi) is 3.96. The molecule has 0 aliphatic carbocycles. The van der Waals surface area contributed by atoms with E-state index in [0.717, 1.165) is 11.1 Å². The Morgan fingerprint density at radius 2 is 1.73 bits per heavy atom. The molecule has 1 heterocycles. The van der Waals surface area contributed by atoms with Gasteiger partial charge in [-0.05, 0) is 25.1 Å². The second-order valence-electron chi connectivity index (χ2n) is 4.71. The first kappa shape index (κ1) is 14.8. The van der Waals surface area contributed by atoms with Crippen molar-refractivity contribution in [2.24, 2.45) is 0 Å². The summed E-state index contributed by atoms with van der Waals surface area (Å²) in [5.41, 5.74) is 2.35. The smallest absolute Gasteiger partial charge is 0.258 e. The average molecular weight is 332 g/mol. The van der Waals surface area contributed by atoms with E-state index >= 15 is 0 Å². The molecular formula is C16H11Cl2N3O. The van der Waals surface area contributed by atoms with Crippen molar-refractivity contribution in [3.05, 3.63) is 64.0 Å². The number of aromatic nitrogens is 2. The summed E-state index contributed by atoms with van der Waals surface area (Å²) in [6.07, 6.45) is 1.47. The fourth-order valence-corrected chi connectivity index (χ4v) is 2.79. The number of hydrogen-bond donors (Lipinski definition) is 1. The van der Waals surface area contributed by atoms with E-state index in [1.807, 2.05) is 19.1 Å². The van der Waals surface area contributed by atoms with Crippen molar-refractivity contribution in [2.45, 2.75) is 6.92 Å². The molecule has 6 heteroatoms. The fourth-order valence-electron chi connectivity index (χ4n) is 2.22. The zero-order chi connectivity index (χ0) is 15.7. The number of carbonyl (C=O) groups is 1. The summed E-state index contributed by atoms with van der Waals surface area (Å²) < 4.78 is 0. The molecule has 0 atom stereocenters. The highest BCUT2D eigenvalue weighted by Gasteiger charge is 2.16. The quantitative estimate of drug-likeness (QED) is 0.752. The van der Waals surface area contributed by atoms with Crippen LogP contribution in [-0.4, -0.2) is 15.9 Å². The van der Waals surface area contributed by atoms with Crippen molar-refractivity contribution in [2.75, 3.05) is 5.32 Å². The third-order valence-corrected chi connectivity index (χ3v) is 3.93. The molecule has 0 unspecified atom stereocenters. The molecule has 3 aromatic rings. The monoisotopic (exact) mass is 331 g/mol. The van der Waals surface area contributed by atoms with Gasteiger partial charge in [0.1, 0.15) is 6.33 Å². The van der Waals surface area contributed by atoms with Gasteiger partial charge in [0.2, 0.25) is 0 Å². The molecule has 110 valence electrons. The van der Waals surface area contributed by atoms with Crippen LogP contribution in [0.25, 0.3) is 10.9 Å². The molecule has 0 spiro atoms. The topological polar surface area (TPSA) is 54.9 Å². The molecule has 1 amide bonds. The highest BCUT2D eigenvalue weighted by Crippen LogP contribution is 2.27. The minimum atomic E-state index is -0.376. The number of benzene rings is 2. The second-order valence-corrected chi connectivity index (χ2v) is 5.53. The third kappa shape index (κ3) is 2.63. The van der Waals surface area contributed by atoms with E-state index in [-0.39, 0.29) is 11.5 Å². The number of halogens is 2. The maximum atomic E-state index is 12.5. The Balaban J connectivity index is 2.04. The van der Waals surface area contributed by atoms with Gasteiger partial charge in [-0.25, -0.2) is 9.97 Å². The first-order valence-corrected chi connectivity index (χ1v) is 7.29. The first-order chi connectivity index (χ1) is 10.6. The number of hydrogen-bond acceptors (Lipinski definition) is 3. The van der Waals surface area contributed by atoms with Crippen LogP contribution in [0.4, 0.5) is 5.69 Å². The molecule has 0 saturated heterocycles. The molecule has 2 aromatic carbocycles. The third-order valence-electron chi connectivity index (χ3n) is 3.30. The van der Waals surface area contributed by atoms with Crippen molar-refractivity contribution >= 4 is 45.7 Å². The Bertz CT molecular complexity index is 860. The Morgan fingerprint density at radius 3 is 2.45 bits per heavy atom. The number of amides is 1. The molecule has 0 aliphatic rings. The van der Waals surface area contributed by atoms with E-state index in [0.29, 0.717) is 21.2 Å². The van der Waals surface area contributed by atoms with Gasteiger partial charge in [-0.1, -0.05) is 41.4 Å².